The fourth-order valence-corrected chi connectivity index (χ4v) is 5.39. The largest absolute Gasteiger partial charge is 0.457 e. The van der Waals surface area contributed by atoms with E-state index >= 15 is 0 Å². The van der Waals surface area contributed by atoms with Gasteiger partial charge in [-0.2, -0.15) is 10.5 Å². The summed E-state index contributed by atoms with van der Waals surface area (Å²) in [5, 5.41) is 33.2. The van der Waals surface area contributed by atoms with E-state index in [0.29, 0.717) is 16.1 Å². The highest BCUT2D eigenvalue weighted by molar-refractivity contribution is 7.16. The molecule has 1 N–H and O–H groups in total. The van der Waals surface area contributed by atoms with E-state index in [1.165, 1.54) is 29.5 Å². The molecule has 34 heavy (non-hydrogen) atoms. The second-order valence-electron chi connectivity index (χ2n) is 7.39. The lowest BCUT2D eigenvalue weighted by atomic mass is 9.96. The number of nitrogens with one attached hydrogen (secondary N) is 1. The minimum atomic E-state index is -0.660. The molecular formula is C23H14Cl2N4O4S. The highest BCUT2D eigenvalue weighted by Gasteiger charge is 2.23. The molecule has 0 fully saturated rings. The molecule has 1 aromatic carbocycles. The van der Waals surface area contributed by atoms with Gasteiger partial charge in [-0.05, 0) is 49.4 Å². The molecule has 0 radical (unpaired) electrons. The van der Waals surface area contributed by atoms with Crippen LogP contribution in [-0.4, -0.2) is 10.8 Å². The first kappa shape index (κ1) is 23.5. The molecule has 0 saturated carbocycles. The van der Waals surface area contributed by atoms with Crippen LogP contribution in [0.5, 0.6) is 0 Å². The molecule has 8 nitrogen and oxygen atoms in total. The number of nitriles is 2. The van der Waals surface area contributed by atoms with Crippen LogP contribution in [-0.2, 0) is 17.6 Å². The van der Waals surface area contributed by atoms with Crippen LogP contribution in [0.2, 0.25) is 10.0 Å². The standard InChI is InChI=1S/C23H14Cl2N4O4S/c24-17-9-19(29(31)32)18(25)8-15(17)20-6-5-13(33-20)7-12(10-26)22(30)28-23-16(11-27)14-3-1-2-4-21(14)34-23/h5-9H,1-4H2,(H,28,30)/b12-7+. The second kappa shape index (κ2) is 9.70. The van der Waals surface area contributed by atoms with E-state index in [1.807, 2.05) is 6.07 Å². The van der Waals surface area contributed by atoms with E-state index in [1.54, 1.807) is 6.07 Å². The molecule has 0 bridgehead atoms. The first-order valence-corrected chi connectivity index (χ1v) is 11.6. The summed E-state index contributed by atoms with van der Waals surface area (Å²) >= 11 is 13.5. The lowest BCUT2D eigenvalue weighted by Gasteiger charge is -2.09. The molecule has 0 aliphatic heterocycles. The number of thiophene rings is 1. The van der Waals surface area contributed by atoms with E-state index < -0.39 is 10.8 Å². The van der Waals surface area contributed by atoms with Crippen molar-refractivity contribution in [3.05, 3.63) is 71.8 Å². The molecule has 0 spiro atoms. The summed E-state index contributed by atoms with van der Waals surface area (Å²) < 4.78 is 5.68. The number of furan rings is 1. The van der Waals surface area contributed by atoms with Crippen molar-refractivity contribution in [2.24, 2.45) is 0 Å². The minimum absolute atomic E-state index is 0.0601. The zero-order chi connectivity index (χ0) is 24.4. The molecule has 1 amide bonds. The number of carbonyl (C=O) groups is 1. The Bertz CT molecular complexity index is 1440. The van der Waals surface area contributed by atoms with E-state index in [-0.39, 0.29) is 32.8 Å². The predicted octanol–water partition coefficient (Wildman–Crippen LogP) is 6.52. The zero-order valence-electron chi connectivity index (χ0n) is 17.4. The van der Waals surface area contributed by atoms with Crippen molar-refractivity contribution >= 4 is 57.2 Å². The highest BCUT2D eigenvalue weighted by atomic mass is 35.5. The van der Waals surface area contributed by atoms with Crippen LogP contribution in [0.15, 0.2) is 34.3 Å². The van der Waals surface area contributed by atoms with Crippen molar-refractivity contribution in [3.63, 3.8) is 0 Å². The number of rotatable bonds is 5. The third kappa shape index (κ3) is 4.55. The Kier molecular flexibility index (Phi) is 6.71. The summed E-state index contributed by atoms with van der Waals surface area (Å²) in [5.41, 5.74) is 1.20. The fourth-order valence-electron chi connectivity index (χ4n) is 3.67. The molecular weight excluding hydrogens is 499 g/mol. The van der Waals surface area contributed by atoms with Gasteiger partial charge in [-0.1, -0.05) is 23.2 Å². The minimum Gasteiger partial charge on any atom is -0.457 e. The average Bonchev–Trinajstić information content (AvgIpc) is 3.42. The van der Waals surface area contributed by atoms with Crippen molar-refractivity contribution in [3.8, 4) is 23.5 Å². The number of amides is 1. The van der Waals surface area contributed by atoms with Crippen LogP contribution >= 0.6 is 34.5 Å². The van der Waals surface area contributed by atoms with Crippen molar-refractivity contribution in [1.82, 2.24) is 0 Å². The predicted molar refractivity (Wildman–Crippen MR) is 129 cm³/mol. The summed E-state index contributed by atoms with van der Waals surface area (Å²) in [4.78, 5) is 24.2. The number of nitrogens with zero attached hydrogens (tertiary/aromatic N) is 3. The Morgan fingerprint density at radius 1 is 1.21 bits per heavy atom. The quantitative estimate of drug-likeness (QED) is 0.179. The average molecular weight is 513 g/mol. The van der Waals surface area contributed by atoms with Crippen molar-refractivity contribution in [2.75, 3.05) is 5.32 Å². The molecule has 0 atom stereocenters. The third-order valence-electron chi connectivity index (χ3n) is 5.29. The Morgan fingerprint density at radius 2 is 1.97 bits per heavy atom. The molecule has 170 valence electrons. The maximum absolute atomic E-state index is 12.8. The summed E-state index contributed by atoms with van der Waals surface area (Å²) in [6.45, 7) is 0. The number of nitro benzene ring substituents is 1. The van der Waals surface area contributed by atoms with Gasteiger partial charge < -0.3 is 9.73 Å². The van der Waals surface area contributed by atoms with Gasteiger partial charge in [-0.25, -0.2) is 0 Å². The first-order chi connectivity index (χ1) is 16.3. The zero-order valence-corrected chi connectivity index (χ0v) is 19.7. The molecule has 2 aromatic heterocycles. The first-order valence-electron chi connectivity index (χ1n) is 10.0. The van der Waals surface area contributed by atoms with Gasteiger partial charge in [0.25, 0.3) is 11.6 Å². The molecule has 1 aliphatic rings. The van der Waals surface area contributed by atoms with Gasteiger partial charge in [0.2, 0.25) is 0 Å². The number of benzene rings is 1. The molecule has 4 rings (SSSR count). The summed E-state index contributed by atoms with van der Waals surface area (Å²) in [7, 11) is 0. The Labute approximate surface area is 207 Å². The molecule has 0 saturated heterocycles. The van der Waals surface area contributed by atoms with Gasteiger partial charge in [-0.3, -0.25) is 14.9 Å². The number of hydrogen-bond acceptors (Lipinski definition) is 7. The van der Waals surface area contributed by atoms with Crippen LogP contribution < -0.4 is 5.32 Å². The molecule has 1 aliphatic carbocycles. The second-order valence-corrected chi connectivity index (χ2v) is 9.31. The monoisotopic (exact) mass is 512 g/mol. The maximum Gasteiger partial charge on any atom is 0.289 e. The van der Waals surface area contributed by atoms with Crippen LogP contribution in [0.25, 0.3) is 17.4 Å². The topological polar surface area (TPSA) is 133 Å². The highest BCUT2D eigenvalue weighted by Crippen LogP contribution is 2.39. The Morgan fingerprint density at radius 3 is 2.68 bits per heavy atom. The van der Waals surface area contributed by atoms with E-state index in [0.717, 1.165) is 42.2 Å². The van der Waals surface area contributed by atoms with Crippen molar-refractivity contribution in [2.45, 2.75) is 25.7 Å². The smallest absolute Gasteiger partial charge is 0.289 e. The lowest BCUT2D eigenvalue weighted by Crippen LogP contribution is -2.13. The van der Waals surface area contributed by atoms with Gasteiger partial charge in [0, 0.05) is 22.6 Å². The van der Waals surface area contributed by atoms with Crippen molar-refractivity contribution in [1.29, 1.82) is 10.5 Å². The Hall–Kier alpha value is -3.63. The number of nitro groups is 1. The van der Waals surface area contributed by atoms with Crippen LogP contribution in [0.4, 0.5) is 10.7 Å². The molecule has 3 aromatic rings. The van der Waals surface area contributed by atoms with Gasteiger partial charge in [0.15, 0.2) is 0 Å². The number of fused-ring (bicyclic) bond motifs is 1. The fraction of sp³-hybridized carbons (Fsp3) is 0.174. The van der Waals surface area contributed by atoms with Crippen LogP contribution in [0.1, 0.15) is 34.6 Å². The number of hydrogen-bond donors (Lipinski definition) is 1. The maximum atomic E-state index is 12.8. The van der Waals surface area contributed by atoms with Crippen LogP contribution in [0, 0.1) is 32.8 Å². The number of anilines is 1. The number of carbonyl (C=O) groups excluding carboxylic acids is 1. The van der Waals surface area contributed by atoms with Gasteiger partial charge in [-0.15, -0.1) is 11.3 Å². The van der Waals surface area contributed by atoms with Gasteiger partial charge in [0.05, 0.1) is 15.5 Å². The van der Waals surface area contributed by atoms with Gasteiger partial charge >= 0.3 is 0 Å². The summed E-state index contributed by atoms with van der Waals surface area (Å²) in [5.74, 6) is -0.214. The summed E-state index contributed by atoms with van der Waals surface area (Å²) in [6, 6.07) is 9.52. The number of halogens is 2. The molecule has 11 heteroatoms. The van der Waals surface area contributed by atoms with Gasteiger partial charge in [0.1, 0.15) is 39.3 Å². The summed E-state index contributed by atoms with van der Waals surface area (Å²) in [6.07, 6.45) is 4.98. The van der Waals surface area contributed by atoms with Crippen LogP contribution in [0.3, 0.4) is 0 Å². The van der Waals surface area contributed by atoms with E-state index in [2.05, 4.69) is 11.4 Å². The third-order valence-corrected chi connectivity index (χ3v) is 7.11. The van der Waals surface area contributed by atoms with Crippen molar-refractivity contribution < 1.29 is 14.1 Å². The lowest BCUT2D eigenvalue weighted by molar-refractivity contribution is -0.384. The number of aryl methyl sites for hydroxylation is 1. The SMILES string of the molecule is N#C/C(=C\c1ccc(-c2cc(Cl)c([N+](=O)[O-])cc2Cl)o1)C(=O)Nc1sc2c(c1C#N)CCCC2. The van der Waals surface area contributed by atoms with E-state index in [4.69, 9.17) is 27.6 Å². The molecule has 2 heterocycles. The normalized spacial score (nSPS) is 13.0. The van der Waals surface area contributed by atoms with E-state index in [9.17, 15) is 25.4 Å². The Balaban J connectivity index is 1.59. The molecule has 0 unspecified atom stereocenters.